The first kappa shape index (κ1) is 17.6. The fraction of sp³-hybridized carbons (Fsp3) is 0.118. The van der Waals surface area contributed by atoms with Gasteiger partial charge in [0.15, 0.2) is 0 Å². The minimum Gasteiger partial charge on any atom is -0.506 e. The average molecular weight is 375 g/mol. The van der Waals surface area contributed by atoms with Gasteiger partial charge in [-0.2, -0.15) is 8.42 Å². The van der Waals surface area contributed by atoms with Gasteiger partial charge in [-0.15, -0.1) is 0 Å². The summed E-state index contributed by atoms with van der Waals surface area (Å²) in [6.45, 7) is 0.358. The number of aromatic hydroxyl groups is 1. The van der Waals surface area contributed by atoms with Gasteiger partial charge in [0.2, 0.25) is 5.88 Å². The zero-order chi connectivity index (χ0) is 18.7. The molecular weight excluding hydrogens is 358 g/mol. The summed E-state index contributed by atoms with van der Waals surface area (Å²) in [5.41, 5.74) is 1.29. The van der Waals surface area contributed by atoms with Crippen LogP contribution in [0, 0.1) is 0 Å². The molecule has 1 amide bonds. The van der Waals surface area contributed by atoms with E-state index in [4.69, 9.17) is 0 Å². The van der Waals surface area contributed by atoms with Crippen molar-refractivity contribution in [2.24, 2.45) is 0 Å². The van der Waals surface area contributed by atoms with Crippen molar-refractivity contribution in [2.75, 3.05) is 10.8 Å². The fourth-order valence-corrected chi connectivity index (χ4v) is 3.58. The lowest BCUT2D eigenvalue weighted by Crippen LogP contribution is -2.29. The summed E-state index contributed by atoms with van der Waals surface area (Å²) in [4.78, 5) is 12.0. The number of hydrogen-bond acceptors (Lipinski definition) is 5. The molecule has 136 valence electrons. The highest BCUT2D eigenvalue weighted by Gasteiger charge is 2.30. The molecule has 0 saturated heterocycles. The van der Waals surface area contributed by atoms with Gasteiger partial charge >= 0.3 is 10.2 Å². The second-order valence-electron chi connectivity index (χ2n) is 5.61. The largest absolute Gasteiger partial charge is 0.506 e. The van der Waals surface area contributed by atoms with E-state index in [1.165, 1.54) is 12.1 Å². The van der Waals surface area contributed by atoms with Crippen molar-refractivity contribution in [3.8, 4) is 5.75 Å². The maximum Gasteiger partial charge on any atom is 0.330 e. The molecule has 0 saturated carbocycles. The Morgan fingerprint density at radius 3 is 2.46 bits per heavy atom. The van der Waals surface area contributed by atoms with Gasteiger partial charge in [0.1, 0.15) is 11.4 Å². The molecule has 0 aliphatic carbocycles. The third-order valence-electron chi connectivity index (χ3n) is 3.74. The summed E-state index contributed by atoms with van der Waals surface area (Å²) >= 11 is 0. The Kier molecular flexibility index (Phi) is 4.72. The van der Waals surface area contributed by atoms with Crippen LogP contribution in [0.15, 0.2) is 60.6 Å². The van der Waals surface area contributed by atoms with Crippen molar-refractivity contribution in [1.29, 1.82) is 0 Å². The number of aliphatic hydroxyl groups excluding tert-OH is 1. The molecule has 0 bridgehead atoms. The maximum atomic E-state index is 12.0. The molecule has 4 N–H and O–H groups in total. The van der Waals surface area contributed by atoms with E-state index in [1.807, 2.05) is 10.8 Å². The zero-order valence-corrected chi connectivity index (χ0v) is 14.4. The van der Waals surface area contributed by atoms with E-state index in [9.17, 15) is 23.4 Å². The highest BCUT2D eigenvalue weighted by atomic mass is 32.2. The molecule has 0 radical (unpaired) electrons. The van der Waals surface area contributed by atoms with Crippen molar-refractivity contribution >= 4 is 21.8 Å². The lowest BCUT2D eigenvalue weighted by atomic mass is 10.1. The number of nitrogens with zero attached hydrogens (tertiary/aromatic N) is 1. The number of benzene rings is 2. The van der Waals surface area contributed by atoms with Crippen LogP contribution in [0.2, 0.25) is 0 Å². The van der Waals surface area contributed by atoms with Crippen LogP contribution in [-0.2, 0) is 16.6 Å². The van der Waals surface area contributed by atoms with Gasteiger partial charge < -0.3 is 15.5 Å². The molecular formula is C17H17N3O5S. The summed E-state index contributed by atoms with van der Waals surface area (Å²) in [5.74, 6) is -0.980. The number of carbonyl (C=O) groups excluding carboxylic acids is 1. The van der Waals surface area contributed by atoms with Crippen LogP contribution in [0.5, 0.6) is 5.75 Å². The topological polar surface area (TPSA) is 119 Å². The second-order valence-corrected chi connectivity index (χ2v) is 7.16. The predicted octanol–water partition coefficient (Wildman–Crippen LogP) is 1.38. The van der Waals surface area contributed by atoms with E-state index in [0.717, 1.165) is 16.1 Å². The van der Waals surface area contributed by atoms with Crippen molar-refractivity contribution in [2.45, 2.75) is 6.42 Å². The number of rotatable bonds is 5. The van der Waals surface area contributed by atoms with Gasteiger partial charge in [0, 0.05) is 12.1 Å². The van der Waals surface area contributed by atoms with Crippen LogP contribution in [-0.4, -0.2) is 31.1 Å². The smallest absolute Gasteiger partial charge is 0.330 e. The minimum absolute atomic E-state index is 0.0126. The second kappa shape index (κ2) is 6.96. The van der Waals surface area contributed by atoms with Gasteiger partial charge in [-0.1, -0.05) is 24.3 Å². The van der Waals surface area contributed by atoms with Gasteiger partial charge in [0.05, 0.1) is 6.20 Å². The number of phenolic OH excluding ortho intramolecular Hbond substituents is 1. The Morgan fingerprint density at radius 2 is 1.85 bits per heavy atom. The number of amides is 1. The Labute approximate surface area is 150 Å². The van der Waals surface area contributed by atoms with Crippen molar-refractivity contribution in [3.63, 3.8) is 0 Å². The normalized spacial score (nSPS) is 15.2. The van der Waals surface area contributed by atoms with Crippen molar-refractivity contribution < 1.29 is 23.4 Å². The maximum absolute atomic E-state index is 12.0. The van der Waals surface area contributed by atoms with E-state index in [0.29, 0.717) is 18.5 Å². The quantitative estimate of drug-likeness (QED) is 0.629. The average Bonchev–Trinajstić information content (AvgIpc) is 2.88. The van der Waals surface area contributed by atoms with Gasteiger partial charge in [0.25, 0.3) is 5.91 Å². The molecule has 0 spiro atoms. The Morgan fingerprint density at radius 1 is 1.12 bits per heavy atom. The van der Waals surface area contributed by atoms with Gasteiger partial charge in [-0.05, 0) is 36.2 Å². The number of phenols is 1. The zero-order valence-electron chi connectivity index (χ0n) is 13.6. The van der Waals surface area contributed by atoms with Crippen molar-refractivity contribution in [3.05, 3.63) is 71.7 Å². The molecule has 0 unspecified atom stereocenters. The van der Waals surface area contributed by atoms with Crippen LogP contribution in [0.3, 0.4) is 0 Å². The Bertz CT molecular complexity index is 958. The predicted molar refractivity (Wildman–Crippen MR) is 95.8 cm³/mol. The lowest BCUT2D eigenvalue weighted by molar-refractivity contribution is 0.0954. The molecule has 1 heterocycles. The summed E-state index contributed by atoms with van der Waals surface area (Å²) in [6.07, 6.45) is 1.42. The SMILES string of the molecule is O=C(NCCc1ccc(N2C=C(O)NS2(=O)=O)c(O)c1)c1ccccc1. The first-order valence-corrected chi connectivity index (χ1v) is 9.19. The summed E-state index contributed by atoms with van der Waals surface area (Å²) in [7, 11) is -3.96. The number of carbonyl (C=O) groups is 1. The summed E-state index contributed by atoms with van der Waals surface area (Å²) in [5, 5.41) is 22.2. The van der Waals surface area contributed by atoms with E-state index in [1.54, 1.807) is 30.3 Å². The third kappa shape index (κ3) is 3.72. The molecule has 0 aromatic heterocycles. The number of hydrogen-bond donors (Lipinski definition) is 4. The summed E-state index contributed by atoms with van der Waals surface area (Å²) in [6, 6.07) is 13.3. The fourth-order valence-electron chi connectivity index (χ4n) is 2.51. The third-order valence-corrected chi connectivity index (χ3v) is 5.03. The number of anilines is 1. The highest BCUT2D eigenvalue weighted by molar-refractivity contribution is 7.91. The van der Waals surface area contributed by atoms with Gasteiger partial charge in [-0.25, -0.2) is 9.03 Å². The molecule has 2 aromatic carbocycles. The highest BCUT2D eigenvalue weighted by Crippen LogP contribution is 2.32. The first-order chi connectivity index (χ1) is 12.4. The molecule has 0 fully saturated rings. The van der Waals surface area contributed by atoms with Crippen LogP contribution in [0.1, 0.15) is 15.9 Å². The van der Waals surface area contributed by atoms with Crippen LogP contribution in [0.25, 0.3) is 0 Å². The lowest BCUT2D eigenvalue weighted by Gasteiger charge is -2.16. The molecule has 9 heteroatoms. The van der Waals surface area contributed by atoms with Gasteiger partial charge in [-0.3, -0.25) is 4.79 Å². The molecule has 8 nitrogen and oxygen atoms in total. The molecule has 1 aliphatic rings. The Hall–Kier alpha value is -3.20. The Balaban J connectivity index is 1.64. The van der Waals surface area contributed by atoms with Crippen LogP contribution in [0.4, 0.5) is 5.69 Å². The minimum atomic E-state index is -3.96. The van der Waals surface area contributed by atoms with Crippen LogP contribution >= 0.6 is 0 Å². The molecule has 26 heavy (non-hydrogen) atoms. The van der Waals surface area contributed by atoms with E-state index in [2.05, 4.69) is 5.32 Å². The molecule has 2 aromatic rings. The van der Waals surface area contributed by atoms with E-state index < -0.39 is 16.1 Å². The van der Waals surface area contributed by atoms with E-state index in [-0.39, 0.29) is 17.3 Å². The van der Waals surface area contributed by atoms with E-state index >= 15 is 0 Å². The standard InChI is InChI=1S/C17H17N3O5S/c21-15-10-12(8-9-18-17(23)13-4-2-1-3-5-13)6-7-14(15)20-11-16(22)19-26(20,24)25/h1-7,10-11,19,21-22H,8-9H2,(H,18,23). The first-order valence-electron chi connectivity index (χ1n) is 7.75. The number of nitrogens with one attached hydrogen (secondary N) is 2. The van der Waals surface area contributed by atoms with Crippen LogP contribution < -0.4 is 14.3 Å². The molecule has 0 atom stereocenters. The summed E-state index contributed by atoms with van der Waals surface area (Å²) < 4.78 is 26.3. The monoisotopic (exact) mass is 375 g/mol. The van der Waals surface area contributed by atoms with Crippen molar-refractivity contribution in [1.82, 2.24) is 10.0 Å². The molecule has 1 aliphatic heterocycles. The molecule has 3 rings (SSSR count). The number of aliphatic hydroxyl groups is 1.